The summed E-state index contributed by atoms with van der Waals surface area (Å²) in [7, 11) is 0. The molecule has 0 nitrogen and oxygen atoms in total. The predicted molar refractivity (Wildman–Crippen MR) is 102 cm³/mol. The monoisotopic (exact) mass is 410 g/mol. The van der Waals surface area contributed by atoms with Crippen molar-refractivity contribution in [3.63, 3.8) is 0 Å². The van der Waals surface area contributed by atoms with Gasteiger partial charge in [-0.1, -0.05) is 55.8 Å². The summed E-state index contributed by atoms with van der Waals surface area (Å²) in [6, 6.07) is 12.6. The lowest BCUT2D eigenvalue weighted by Crippen LogP contribution is -1.90. The molecule has 0 radical (unpaired) electrons. The fourth-order valence-electron chi connectivity index (χ4n) is 2.69. The molecule has 22 heavy (non-hydrogen) atoms. The van der Waals surface area contributed by atoms with Crippen molar-refractivity contribution in [1.29, 1.82) is 0 Å². The van der Waals surface area contributed by atoms with Crippen LogP contribution in [0.3, 0.4) is 0 Å². The van der Waals surface area contributed by atoms with Gasteiger partial charge in [0.1, 0.15) is 0 Å². The molecular formula is C20H12Br2. The van der Waals surface area contributed by atoms with E-state index in [2.05, 4.69) is 91.9 Å². The fraction of sp³-hybridized carbons (Fsp3) is 0.100. The van der Waals surface area contributed by atoms with Crippen molar-refractivity contribution < 1.29 is 0 Å². The van der Waals surface area contributed by atoms with Crippen LogP contribution >= 0.6 is 31.9 Å². The maximum Gasteiger partial charge on any atom is 0.0403 e. The van der Waals surface area contributed by atoms with Crippen molar-refractivity contribution in [1.82, 2.24) is 0 Å². The van der Waals surface area contributed by atoms with Crippen molar-refractivity contribution >= 4 is 53.4 Å². The van der Waals surface area contributed by atoms with Crippen LogP contribution in [0.1, 0.15) is 25.0 Å². The largest absolute Gasteiger partial charge is 0.101 e. The molecule has 0 N–H and O–H groups in total. The Balaban J connectivity index is 2.67. The summed E-state index contributed by atoms with van der Waals surface area (Å²) in [5, 5.41) is 4.55. The van der Waals surface area contributed by atoms with Crippen molar-refractivity contribution in [2.45, 2.75) is 13.8 Å². The number of halogens is 2. The standard InChI is InChI=1S/C20H12Br2/c1-3-5-15-17-9-7-14(22)12-20(17)16(6-4-2)18-10-8-13(21)11-19(15)18/h7-12H,1-2H3. The van der Waals surface area contributed by atoms with Gasteiger partial charge in [0.05, 0.1) is 0 Å². The number of rotatable bonds is 0. The average Bonchev–Trinajstić information content (AvgIpc) is 2.50. The molecular weight excluding hydrogens is 400 g/mol. The summed E-state index contributed by atoms with van der Waals surface area (Å²) in [6.45, 7) is 3.74. The van der Waals surface area contributed by atoms with Crippen LogP contribution in [0.5, 0.6) is 0 Å². The molecule has 0 bridgehead atoms. The molecule has 0 aliphatic rings. The minimum Gasteiger partial charge on any atom is -0.101 e. The quantitative estimate of drug-likeness (QED) is 0.302. The minimum absolute atomic E-state index is 1.05. The van der Waals surface area contributed by atoms with E-state index in [0.29, 0.717) is 0 Å². The molecule has 0 aliphatic heterocycles. The van der Waals surface area contributed by atoms with Crippen LogP contribution < -0.4 is 0 Å². The van der Waals surface area contributed by atoms with E-state index in [0.717, 1.165) is 41.6 Å². The maximum atomic E-state index is 3.57. The lowest BCUT2D eigenvalue weighted by molar-refractivity contribution is 1.66. The topological polar surface area (TPSA) is 0 Å². The van der Waals surface area contributed by atoms with Gasteiger partial charge in [-0.05, 0) is 48.9 Å². The Morgan fingerprint density at radius 2 is 1.05 bits per heavy atom. The van der Waals surface area contributed by atoms with E-state index in [1.54, 1.807) is 0 Å². The number of hydrogen-bond acceptors (Lipinski definition) is 0. The summed E-state index contributed by atoms with van der Waals surface area (Å²) in [4.78, 5) is 0. The van der Waals surface area contributed by atoms with Crippen LogP contribution in [0.2, 0.25) is 0 Å². The normalized spacial score (nSPS) is 10.0. The predicted octanol–water partition coefficient (Wildman–Crippen LogP) is 6.26. The first kappa shape index (κ1) is 15.2. The molecule has 0 unspecified atom stereocenters. The molecule has 0 atom stereocenters. The zero-order chi connectivity index (χ0) is 15.7. The molecule has 3 aromatic rings. The summed E-state index contributed by atoms with van der Waals surface area (Å²) < 4.78 is 2.09. The smallest absolute Gasteiger partial charge is 0.0403 e. The Morgan fingerprint density at radius 1 is 0.636 bits per heavy atom. The van der Waals surface area contributed by atoms with Gasteiger partial charge in [0.15, 0.2) is 0 Å². The van der Waals surface area contributed by atoms with Crippen LogP contribution in [0.4, 0.5) is 0 Å². The van der Waals surface area contributed by atoms with Gasteiger partial charge in [-0.3, -0.25) is 0 Å². The molecule has 2 heteroatoms. The SMILES string of the molecule is CC#Cc1c2ccc(Br)cc2c(C#CC)c2ccc(Br)cc12. The van der Waals surface area contributed by atoms with Gasteiger partial charge in [-0.2, -0.15) is 0 Å². The van der Waals surface area contributed by atoms with Crippen LogP contribution in [0, 0.1) is 23.7 Å². The second kappa shape index (κ2) is 6.17. The van der Waals surface area contributed by atoms with E-state index >= 15 is 0 Å². The molecule has 3 rings (SSSR count). The Morgan fingerprint density at radius 3 is 1.41 bits per heavy atom. The Labute approximate surface area is 147 Å². The molecule has 106 valence electrons. The second-order valence-corrected chi connectivity index (χ2v) is 6.71. The molecule has 0 heterocycles. The number of hydrogen-bond donors (Lipinski definition) is 0. The highest BCUT2D eigenvalue weighted by Crippen LogP contribution is 2.35. The molecule has 3 aromatic carbocycles. The highest BCUT2D eigenvalue weighted by molar-refractivity contribution is 9.10. The van der Waals surface area contributed by atoms with Crippen LogP contribution in [-0.2, 0) is 0 Å². The van der Waals surface area contributed by atoms with Crippen molar-refractivity contribution in [2.75, 3.05) is 0 Å². The van der Waals surface area contributed by atoms with E-state index < -0.39 is 0 Å². The first-order chi connectivity index (χ1) is 10.7. The van der Waals surface area contributed by atoms with Crippen molar-refractivity contribution in [2.24, 2.45) is 0 Å². The van der Waals surface area contributed by atoms with Gasteiger partial charge in [0, 0.05) is 30.8 Å². The Kier molecular flexibility index (Phi) is 4.25. The van der Waals surface area contributed by atoms with E-state index in [9.17, 15) is 0 Å². The minimum atomic E-state index is 1.05. The Bertz CT molecular complexity index is 937. The van der Waals surface area contributed by atoms with E-state index in [1.807, 2.05) is 13.8 Å². The third-order valence-corrected chi connectivity index (χ3v) is 4.53. The van der Waals surface area contributed by atoms with Crippen molar-refractivity contribution in [3.8, 4) is 23.7 Å². The molecule has 0 spiro atoms. The Hall–Kier alpha value is -1.74. The average molecular weight is 412 g/mol. The summed E-state index contributed by atoms with van der Waals surface area (Å²) >= 11 is 7.13. The summed E-state index contributed by atoms with van der Waals surface area (Å²) in [6.07, 6.45) is 0. The molecule has 0 fully saturated rings. The van der Waals surface area contributed by atoms with Gasteiger partial charge < -0.3 is 0 Å². The zero-order valence-corrected chi connectivity index (χ0v) is 15.4. The van der Waals surface area contributed by atoms with E-state index in [4.69, 9.17) is 0 Å². The fourth-order valence-corrected chi connectivity index (χ4v) is 3.41. The first-order valence-corrected chi connectivity index (χ1v) is 8.44. The van der Waals surface area contributed by atoms with Gasteiger partial charge in [0.2, 0.25) is 0 Å². The van der Waals surface area contributed by atoms with Crippen LogP contribution in [0.15, 0.2) is 45.3 Å². The van der Waals surface area contributed by atoms with Crippen LogP contribution in [0.25, 0.3) is 21.5 Å². The molecule has 0 aromatic heterocycles. The third-order valence-electron chi connectivity index (χ3n) is 3.54. The summed E-state index contributed by atoms with van der Waals surface area (Å²) in [5.41, 5.74) is 2.12. The second-order valence-electron chi connectivity index (χ2n) is 4.88. The summed E-state index contributed by atoms with van der Waals surface area (Å²) in [5.74, 6) is 12.6. The number of benzene rings is 3. The van der Waals surface area contributed by atoms with E-state index in [1.165, 1.54) is 0 Å². The maximum absolute atomic E-state index is 3.57. The first-order valence-electron chi connectivity index (χ1n) is 6.85. The van der Waals surface area contributed by atoms with Crippen molar-refractivity contribution in [3.05, 3.63) is 56.5 Å². The van der Waals surface area contributed by atoms with Gasteiger partial charge in [-0.25, -0.2) is 0 Å². The van der Waals surface area contributed by atoms with Gasteiger partial charge in [-0.15, -0.1) is 11.8 Å². The number of fused-ring (bicyclic) bond motifs is 2. The molecule has 0 aliphatic carbocycles. The molecule has 0 saturated carbocycles. The van der Waals surface area contributed by atoms with Crippen LogP contribution in [-0.4, -0.2) is 0 Å². The van der Waals surface area contributed by atoms with Gasteiger partial charge >= 0.3 is 0 Å². The lowest BCUT2D eigenvalue weighted by atomic mass is 9.92. The van der Waals surface area contributed by atoms with E-state index in [-0.39, 0.29) is 0 Å². The highest BCUT2D eigenvalue weighted by Gasteiger charge is 2.12. The highest BCUT2D eigenvalue weighted by atomic mass is 79.9. The lowest BCUT2D eigenvalue weighted by Gasteiger charge is -2.11. The molecule has 0 amide bonds. The molecule has 0 saturated heterocycles. The zero-order valence-electron chi connectivity index (χ0n) is 12.2. The van der Waals surface area contributed by atoms with Gasteiger partial charge in [0.25, 0.3) is 0 Å². The third kappa shape index (κ3) is 2.54.